The van der Waals surface area contributed by atoms with Crippen LogP contribution in [0.1, 0.15) is 72.1 Å². The Hall–Kier alpha value is -5.33. The monoisotopic (exact) mass is 794 g/mol. The van der Waals surface area contributed by atoms with Crippen molar-refractivity contribution in [3.8, 4) is 11.5 Å². The number of esters is 3. The Labute approximate surface area is 341 Å². The Morgan fingerprint density at radius 3 is 1.73 bits per heavy atom. The Morgan fingerprint density at radius 1 is 0.729 bits per heavy atom. The Morgan fingerprint density at radius 2 is 1.22 bits per heavy atom. The highest BCUT2D eigenvalue weighted by Gasteiger charge is 2.82. The Kier molecular flexibility index (Phi) is 6.37. The predicted octanol–water partition coefficient (Wildman–Crippen LogP) is 4.75. The number of ether oxygens (including phenoxy) is 4. The maximum Gasteiger partial charge on any atom is 0.344 e. The SMILES string of the molecule is CC=C1CN2CCC34c5ccccc5N5C(C(=O)OC)C1CC2C53Oc1c4cc2c(c1O)C(=O)OC13C4CC5C(=CC)CN4CCC21c1ccccc1N3C5C(=O)OC. The number of carbonyl (C=O) groups excluding carboxylic acids is 3. The highest BCUT2D eigenvalue weighted by Crippen LogP contribution is 2.75. The van der Waals surface area contributed by atoms with Crippen LogP contribution in [0, 0.1) is 11.8 Å². The zero-order chi connectivity index (χ0) is 40.1. The zero-order valence-electron chi connectivity index (χ0n) is 33.6. The Bertz CT molecular complexity index is 2570. The van der Waals surface area contributed by atoms with Crippen LogP contribution in [0.5, 0.6) is 11.5 Å². The number of anilines is 2. The van der Waals surface area contributed by atoms with E-state index in [1.165, 1.54) is 25.4 Å². The molecule has 12 nitrogen and oxygen atoms in total. The normalized spacial score (nSPS) is 39.6. The average Bonchev–Trinajstić information content (AvgIpc) is 3.81. The van der Waals surface area contributed by atoms with E-state index in [0.717, 1.165) is 41.2 Å². The summed E-state index contributed by atoms with van der Waals surface area (Å²) >= 11 is 0. The molecule has 0 aromatic heterocycles. The standard InChI is InChI=1S/C47H46N4O8/c1-5-24-22-48-18-16-45-29-12-8-10-14-33(29)50-37(42(54)56-3)26(24)19-34(48)46(45,50)58-40-31(45)21-30-36(39(40)52)41(53)59-47-35-20-27-25(6-2)23-49(35)17-15-44(30,47)28-11-7-9-13-32(28)51(47)38(27)43(55)57-4/h5-14,21,26-27,34-35,37-38,52H,15-20,22-23H2,1-4H3. The van der Waals surface area contributed by atoms with Gasteiger partial charge >= 0.3 is 17.9 Å². The van der Waals surface area contributed by atoms with Gasteiger partial charge in [0.05, 0.1) is 37.1 Å². The molecule has 59 heavy (non-hydrogen) atoms. The molecule has 6 saturated heterocycles. The highest BCUT2D eigenvalue weighted by molar-refractivity contribution is 6.02. The minimum atomic E-state index is -1.30. The molecule has 6 fully saturated rings. The fraction of sp³-hybridized carbons (Fsp3) is 0.468. The number of para-hydroxylation sites is 2. The Balaban J connectivity index is 1.11. The van der Waals surface area contributed by atoms with Crippen molar-refractivity contribution in [1.82, 2.24) is 9.80 Å². The van der Waals surface area contributed by atoms with Gasteiger partial charge in [-0.25, -0.2) is 14.4 Å². The molecule has 302 valence electrons. The molecule has 10 aliphatic rings. The van der Waals surface area contributed by atoms with E-state index in [9.17, 15) is 14.7 Å². The number of hydrogen-bond acceptors (Lipinski definition) is 12. The molecule has 13 rings (SSSR count). The minimum Gasteiger partial charge on any atom is -0.504 e. The smallest absolute Gasteiger partial charge is 0.344 e. The number of nitrogens with zero attached hydrogens (tertiary/aromatic N) is 4. The fourth-order valence-corrected chi connectivity index (χ4v) is 15.1. The highest BCUT2D eigenvalue weighted by atomic mass is 16.6. The van der Waals surface area contributed by atoms with Crippen LogP contribution in [-0.4, -0.2) is 109 Å². The molecular formula is C47H46N4O8. The van der Waals surface area contributed by atoms with Gasteiger partial charge in [0.15, 0.2) is 11.5 Å². The number of piperidine rings is 6. The van der Waals surface area contributed by atoms with E-state index in [-0.39, 0.29) is 52.9 Å². The second kappa shape index (κ2) is 10.9. The van der Waals surface area contributed by atoms with Gasteiger partial charge in [0.1, 0.15) is 17.6 Å². The number of rotatable bonds is 2. The molecule has 0 amide bonds. The zero-order valence-corrected chi connectivity index (χ0v) is 33.6. The van der Waals surface area contributed by atoms with Crippen molar-refractivity contribution in [2.75, 3.05) is 50.2 Å². The first kappa shape index (κ1) is 34.5. The number of methoxy groups -OCH3 is 2. The largest absolute Gasteiger partial charge is 0.504 e. The number of phenolic OH excluding ortho intramolecular Hbond substituents is 1. The molecular weight excluding hydrogens is 749 g/mol. The van der Waals surface area contributed by atoms with Gasteiger partial charge in [-0.2, -0.15) is 0 Å². The van der Waals surface area contributed by atoms with Crippen LogP contribution in [0.2, 0.25) is 0 Å². The molecule has 10 atom stereocenters. The van der Waals surface area contributed by atoms with Gasteiger partial charge in [0.2, 0.25) is 11.4 Å². The first-order chi connectivity index (χ1) is 28.7. The second-order valence-corrected chi connectivity index (χ2v) is 18.3. The number of aromatic hydroxyl groups is 1. The molecule has 1 N–H and O–H groups in total. The molecule has 0 radical (unpaired) electrons. The van der Waals surface area contributed by atoms with Crippen molar-refractivity contribution in [3.05, 3.63) is 106 Å². The lowest BCUT2D eigenvalue weighted by atomic mass is 9.54. The third kappa shape index (κ3) is 3.36. The van der Waals surface area contributed by atoms with E-state index < -0.39 is 40.3 Å². The van der Waals surface area contributed by atoms with E-state index >= 15 is 4.79 Å². The number of carbonyl (C=O) groups is 3. The number of benzene rings is 3. The van der Waals surface area contributed by atoms with E-state index in [0.29, 0.717) is 44.3 Å². The minimum absolute atomic E-state index is 0.0910. The molecule has 12 heteroatoms. The van der Waals surface area contributed by atoms with Crippen molar-refractivity contribution in [1.29, 1.82) is 0 Å². The van der Waals surface area contributed by atoms with Gasteiger partial charge in [-0.15, -0.1) is 0 Å². The summed E-state index contributed by atoms with van der Waals surface area (Å²) < 4.78 is 25.8. The third-order valence-electron chi connectivity index (χ3n) is 17.0. The molecule has 3 aromatic carbocycles. The molecule has 4 bridgehead atoms. The summed E-state index contributed by atoms with van der Waals surface area (Å²) in [5.41, 5.74) is 3.68. The number of fused-ring (bicyclic) bond motifs is 8. The average molecular weight is 795 g/mol. The number of phenols is 1. The van der Waals surface area contributed by atoms with Crippen molar-refractivity contribution in [2.45, 2.75) is 86.0 Å². The maximum absolute atomic E-state index is 15.2. The summed E-state index contributed by atoms with van der Waals surface area (Å²) in [5, 5.41) is 12.9. The second-order valence-electron chi connectivity index (χ2n) is 18.3. The van der Waals surface area contributed by atoms with Crippen molar-refractivity contribution >= 4 is 29.3 Å². The number of hydrogen-bond donors (Lipinski definition) is 1. The topological polar surface area (TPSA) is 121 Å². The van der Waals surface area contributed by atoms with Crippen LogP contribution in [0.3, 0.4) is 0 Å². The summed E-state index contributed by atoms with van der Waals surface area (Å²) in [4.78, 5) is 52.9. The van der Waals surface area contributed by atoms with Crippen molar-refractivity contribution < 1.29 is 38.4 Å². The summed E-state index contributed by atoms with van der Waals surface area (Å²) in [6, 6.07) is 16.9. The van der Waals surface area contributed by atoms with Crippen molar-refractivity contribution in [2.24, 2.45) is 11.8 Å². The third-order valence-corrected chi connectivity index (χ3v) is 17.0. The van der Waals surface area contributed by atoms with Gasteiger partial charge in [-0.1, -0.05) is 59.7 Å². The van der Waals surface area contributed by atoms with Gasteiger partial charge in [-0.3, -0.25) is 9.80 Å². The molecule has 10 aliphatic heterocycles. The van der Waals surface area contributed by atoms with Gasteiger partial charge in [0.25, 0.3) is 0 Å². The molecule has 10 unspecified atom stereocenters. The lowest BCUT2D eigenvalue weighted by Gasteiger charge is -2.67. The number of allylic oxidation sites excluding steroid dienone is 2. The van der Waals surface area contributed by atoms with E-state index in [1.807, 2.05) is 31.2 Å². The summed E-state index contributed by atoms with van der Waals surface area (Å²) in [6.07, 6.45) is 6.83. The summed E-state index contributed by atoms with van der Waals surface area (Å²) in [6.45, 7) is 6.98. The van der Waals surface area contributed by atoms with Gasteiger partial charge < -0.3 is 33.9 Å². The molecule has 3 aromatic rings. The van der Waals surface area contributed by atoms with Crippen LogP contribution >= 0.6 is 0 Å². The fourth-order valence-electron chi connectivity index (χ4n) is 15.1. The molecule has 0 aliphatic carbocycles. The van der Waals surface area contributed by atoms with Crippen LogP contribution in [0.15, 0.2) is 77.9 Å². The summed E-state index contributed by atoms with van der Waals surface area (Å²) in [5.74, 6) is -1.49. The quantitative estimate of drug-likeness (QED) is 0.219. The van der Waals surface area contributed by atoms with Crippen LogP contribution in [0.4, 0.5) is 11.4 Å². The van der Waals surface area contributed by atoms with E-state index in [1.54, 1.807) is 0 Å². The van der Waals surface area contributed by atoms with Crippen LogP contribution in [0.25, 0.3) is 0 Å². The summed E-state index contributed by atoms with van der Waals surface area (Å²) in [7, 11) is 2.89. The van der Waals surface area contributed by atoms with E-state index in [2.05, 4.69) is 69.0 Å². The van der Waals surface area contributed by atoms with Crippen molar-refractivity contribution in [3.63, 3.8) is 0 Å². The van der Waals surface area contributed by atoms with Crippen LogP contribution < -0.4 is 14.5 Å². The lowest BCUT2D eigenvalue weighted by Crippen LogP contribution is -2.82. The maximum atomic E-state index is 15.2. The molecule has 0 saturated carbocycles. The predicted molar refractivity (Wildman–Crippen MR) is 214 cm³/mol. The van der Waals surface area contributed by atoms with Crippen LogP contribution in [-0.2, 0) is 34.6 Å². The van der Waals surface area contributed by atoms with Gasteiger partial charge in [-0.05, 0) is 74.4 Å². The molecule has 2 spiro atoms. The first-order valence-corrected chi connectivity index (χ1v) is 21.2. The lowest BCUT2D eigenvalue weighted by molar-refractivity contribution is -0.174. The van der Waals surface area contributed by atoms with E-state index in [4.69, 9.17) is 18.9 Å². The van der Waals surface area contributed by atoms with Gasteiger partial charge in [0, 0.05) is 55.0 Å². The first-order valence-electron chi connectivity index (χ1n) is 21.2. The molecule has 10 heterocycles.